The fourth-order valence-corrected chi connectivity index (χ4v) is 4.95. The number of para-hydroxylation sites is 1. The number of carbonyl (C=O) groups is 1. The number of anilines is 1. The lowest BCUT2D eigenvalue weighted by molar-refractivity contribution is -0.113. The summed E-state index contributed by atoms with van der Waals surface area (Å²) < 4.78 is 12.4. The maximum absolute atomic E-state index is 13.3. The van der Waals surface area contributed by atoms with Gasteiger partial charge in [-0.05, 0) is 42.0 Å². The van der Waals surface area contributed by atoms with Crippen molar-refractivity contribution >= 4 is 69.1 Å². The highest BCUT2D eigenvalue weighted by atomic mass is 35.5. The molecule has 4 aromatic rings. The topological polar surface area (TPSA) is 82.5 Å². The molecule has 1 aromatic heterocycles. The molecule has 1 aliphatic rings. The number of nitrogens with one attached hydrogen (secondary N) is 1. The summed E-state index contributed by atoms with van der Waals surface area (Å²) in [7, 11) is 0. The predicted octanol–water partition coefficient (Wildman–Crippen LogP) is 5.86. The van der Waals surface area contributed by atoms with E-state index in [9.17, 15) is 9.59 Å². The number of hydrogen-bond acceptors (Lipinski definition) is 6. The van der Waals surface area contributed by atoms with Crippen LogP contribution in [-0.4, -0.2) is 28.0 Å². The summed E-state index contributed by atoms with van der Waals surface area (Å²) in [6.45, 7) is 0.408. The monoisotopic (exact) mass is 547 g/mol. The Morgan fingerprint density at radius 3 is 2.63 bits per heavy atom. The van der Waals surface area contributed by atoms with Crippen LogP contribution >= 0.6 is 46.6 Å². The molecule has 2 heterocycles. The molecule has 0 atom stereocenters. The maximum atomic E-state index is 13.3. The minimum atomic E-state index is -0.340. The molecule has 5 rings (SSSR count). The van der Waals surface area contributed by atoms with Gasteiger partial charge in [0.05, 0.1) is 44.0 Å². The molecular formula is C24H16Cl3N3O4S. The number of carbonyl (C=O) groups excluding carboxylic acids is 1. The smallest absolute Gasteiger partial charge is 0.262 e. The Morgan fingerprint density at radius 1 is 1.00 bits per heavy atom. The molecule has 1 N–H and O–H groups in total. The minimum absolute atomic E-state index is 0.0114. The molecule has 178 valence electrons. The van der Waals surface area contributed by atoms with Gasteiger partial charge in [0.2, 0.25) is 12.7 Å². The Morgan fingerprint density at radius 2 is 1.77 bits per heavy atom. The number of amides is 1. The van der Waals surface area contributed by atoms with Crippen LogP contribution in [0.5, 0.6) is 11.5 Å². The van der Waals surface area contributed by atoms with Crippen LogP contribution in [0.15, 0.2) is 64.5 Å². The number of fused-ring (bicyclic) bond motifs is 2. The van der Waals surface area contributed by atoms with Crippen molar-refractivity contribution in [3.63, 3.8) is 0 Å². The zero-order chi connectivity index (χ0) is 24.5. The zero-order valence-corrected chi connectivity index (χ0v) is 21.0. The third kappa shape index (κ3) is 5.06. The summed E-state index contributed by atoms with van der Waals surface area (Å²) in [6, 6.07) is 15.5. The highest BCUT2D eigenvalue weighted by Gasteiger charge is 2.17. The maximum Gasteiger partial charge on any atom is 0.262 e. The molecule has 0 radical (unpaired) electrons. The lowest BCUT2D eigenvalue weighted by atomic mass is 10.2. The van der Waals surface area contributed by atoms with Crippen LogP contribution in [0.3, 0.4) is 0 Å². The van der Waals surface area contributed by atoms with E-state index in [1.165, 1.54) is 12.1 Å². The first-order chi connectivity index (χ1) is 16.9. The number of nitrogens with zero attached hydrogens (tertiary/aromatic N) is 2. The van der Waals surface area contributed by atoms with Crippen LogP contribution in [0, 0.1) is 0 Å². The van der Waals surface area contributed by atoms with Crippen LogP contribution in [0.25, 0.3) is 10.9 Å². The number of thioether (sulfide) groups is 1. The second-order valence-electron chi connectivity index (χ2n) is 7.57. The number of rotatable bonds is 6. The summed E-state index contributed by atoms with van der Waals surface area (Å²) in [4.78, 5) is 30.7. The number of ether oxygens (including phenoxy) is 2. The van der Waals surface area contributed by atoms with Crippen LogP contribution in [0.1, 0.15) is 5.56 Å². The van der Waals surface area contributed by atoms with Crippen molar-refractivity contribution in [3.05, 3.63) is 85.6 Å². The largest absolute Gasteiger partial charge is 0.454 e. The van der Waals surface area contributed by atoms with Crippen molar-refractivity contribution in [1.29, 1.82) is 0 Å². The average Bonchev–Trinajstić information content (AvgIpc) is 3.31. The summed E-state index contributed by atoms with van der Waals surface area (Å²) >= 11 is 19.3. The van der Waals surface area contributed by atoms with E-state index in [0.29, 0.717) is 33.2 Å². The Hall–Kier alpha value is -2.91. The number of aromatic nitrogens is 2. The van der Waals surface area contributed by atoms with Gasteiger partial charge in [-0.1, -0.05) is 64.8 Å². The number of halogens is 3. The second kappa shape index (κ2) is 9.99. The van der Waals surface area contributed by atoms with Gasteiger partial charge in [0.25, 0.3) is 5.56 Å². The number of hydrogen-bond donors (Lipinski definition) is 1. The van der Waals surface area contributed by atoms with Crippen LogP contribution in [-0.2, 0) is 11.3 Å². The molecule has 35 heavy (non-hydrogen) atoms. The summed E-state index contributed by atoms with van der Waals surface area (Å²) in [6.07, 6.45) is 0. The van der Waals surface area contributed by atoms with Crippen molar-refractivity contribution in [1.82, 2.24) is 9.55 Å². The first kappa shape index (κ1) is 23.8. The van der Waals surface area contributed by atoms with Crippen molar-refractivity contribution in [2.24, 2.45) is 0 Å². The van der Waals surface area contributed by atoms with E-state index < -0.39 is 0 Å². The van der Waals surface area contributed by atoms with E-state index in [1.54, 1.807) is 28.8 Å². The molecule has 1 aliphatic heterocycles. The Bertz CT molecular complexity index is 1530. The van der Waals surface area contributed by atoms with Gasteiger partial charge in [0.1, 0.15) is 0 Å². The van der Waals surface area contributed by atoms with Gasteiger partial charge in [-0.15, -0.1) is 0 Å². The molecule has 0 unspecified atom stereocenters. The highest BCUT2D eigenvalue weighted by molar-refractivity contribution is 7.99. The first-order valence-electron chi connectivity index (χ1n) is 10.3. The van der Waals surface area contributed by atoms with E-state index in [1.807, 2.05) is 18.2 Å². The third-order valence-electron chi connectivity index (χ3n) is 5.22. The summed E-state index contributed by atoms with van der Waals surface area (Å²) in [5.41, 5.74) is 1.52. The van der Waals surface area contributed by atoms with E-state index in [0.717, 1.165) is 17.3 Å². The molecule has 11 heteroatoms. The lowest BCUT2D eigenvalue weighted by Crippen LogP contribution is -2.25. The van der Waals surface area contributed by atoms with Crippen molar-refractivity contribution in [2.45, 2.75) is 11.7 Å². The van der Waals surface area contributed by atoms with Gasteiger partial charge < -0.3 is 14.8 Å². The fourth-order valence-electron chi connectivity index (χ4n) is 3.55. The highest BCUT2D eigenvalue weighted by Crippen LogP contribution is 2.34. The molecule has 0 saturated heterocycles. The lowest BCUT2D eigenvalue weighted by Gasteiger charge is -2.14. The predicted molar refractivity (Wildman–Crippen MR) is 138 cm³/mol. The van der Waals surface area contributed by atoms with Gasteiger partial charge in [-0.25, -0.2) is 4.98 Å². The molecule has 0 aliphatic carbocycles. The standard InChI is InChI=1S/C24H16Cl3N3O4S/c25-15-8-17(27)19(9-16(15)26)28-22(31)11-35-24-29-18-4-2-1-3-14(18)23(32)30(24)10-13-5-6-20-21(7-13)34-12-33-20/h1-9H,10-12H2,(H,28,31). The normalized spacial score (nSPS) is 12.2. The summed E-state index contributed by atoms with van der Waals surface area (Å²) in [5.74, 6) is 0.927. The average molecular weight is 549 g/mol. The van der Waals surface area contributed by atoms with E-state index >= 15 is 0 Å². The summed E-state index contributed by atoms with van der Waals surface area (Å²) in [5, 5.41) is 4.44. The Balaban J connectivity index is 1.42. The minimum Gasteiger partial charge on any atom is -0.454 e. The SMILES string of the molecule is O=C(CSc1nc2ccccc2c(=O)n1Cc1ccc2c(c1)OCO2)Nc1cc(Cl)c(Cl)cc1Cl. The van der Waals surface area contributed by atoms with Gasteiger partial charge in [0, 0.05) is 0 Å². The van der Waals surface area contributed by atoms with Gasteiger partial charge in [0.15, 0.2) is 16.7 Å². The zero-order valence-electron chi connectivity index (χ0n) is 17.9. The molecule has 1 amide bonds. The van der Waals surface area contributed by atoms with Gasteiger partial charge in [-0.3, -0.25) is 14.2 Å². The van der Waals surface area contributed by atoms with Crippen molar-refractivity contribution < 1.29 is 14.3 Å². The second-order valence-corrected chi connectivity index (χ2v) is 9.74. The van der Waals surface area contributed by atoms with Crippen molar-refractivity contribution in [3.8, 4) is 11.5 Å². The van der Waals surface area contributed by atoms with Crippen LogP contribution in [0.4, 0.5) is 5.69 Å². The molecule has 0 fully saturated rings. The fraction of sp³-hybridized carbons (Fsp3) is 0.125. The van der Waals surface area contributed by atoms with Crippen molar-refractivity contribution in [2.75, 3.05) is 17.9 Å². The quantitative estimate of drug-likeness (QED) is 0.184. The first-order valence-corrected chi connectivity index (χ1v) is 12.5. The van der Waals surface area contributed by atoms with Gasteiger partial charge >= 0.3 is 0 Å². The molecule has 3 aromatic carbocycles. The van der Waals surface area contributed by atoms with Crippen LogP contribution < -0.4 is 20.3 Å². The van der Waals surface area contributed by atoms with E-state index in [2.05, 4.69) is 10.3 Å². The Labute approximate surface area is 218 Å². The molecule has 0 saturated carbocycles. The molecule has 0 spiro atoms. The number of benzene rings is 3. The Kier molecular flexibility index (Phi) is 6.80. The van der Waals surface area contributed by atoms with Gasteiger partial charge in [-0.2, -0.15) is 0 Å². The molecule has 7 nitrogen and oxygen atoms in total. The molecule has 0 bridgehead atoms. The van der Waals surface area contributed by atoms with Crippen LogP contribution in [0.2, 0.25) is 15.1 Å². The van der Waals surface area contributed by atoms with E-state index in [4.69, 9.17) is 44.3 Å². The van der Waals surface area contributed by atoms with E-state index in [-0.39, 0.29) is 45.6 Å². The third-order valence-corrected chi connectivity index (χ3v) is 7.23. The molecular weight excluding hydrogens is 533 g/mol.